The number of nitrogens with one attached hydrogen (secondary N) is 1. The van der Waals surface area contributed by atoms with E-state index in [4.69, 9.17) is 32.7 Å². The van der Waals surface area contributed by atoms with Crippen molar-refractivity contribution in [1.29, 1.82) is 0 Å². The van der Waals surface area contributed by atoms with Crippen LogP contribution in [0.25, 0.3) is 0 Å². The van der Waals surface area contributed by atoms with Crippen LogP contribution < -0.4 is 14.9 Å². The number of carbonyl (C=O) groups is 1. The molecule has 0 aliphatic heterocycles. The van der Waals surface area contributed by atoms with E-state index in [9.17, 15) is 18.0 Å². The molecule has 1 amide bonds. The van der Waals surface area contributed by atoms with E-state index >= 15 is 0 Å². The highest BCUT2D eigenvalue weighted by molar-refractivity contribution is 6.42. The van der Waals surface area contributed by atoms with Gasteiger partial charge in [0, 0.05) is 5.56 Å². The molecule has 0 bridgehead atoms. The van der Waals surface area contributed by atoms with Crippen molar-refractivity contribution in [1.82, 2.24) is 5.43 Å². The van der Waals surface area contributed by atoms with Crippen LogP contribution in [0.2, 0.25) is 10.0 Å². The van der Waals surface area contributed by atoms with Gasteiger partial charge in [-0.2, -0.15) is 18.3 Å². The van der Waals surface area contributed by atoms with Crippen molar-refractivity contribution in [2.75, 3.05) is 6.61 Å². The molecular formula is C24H19Cl2F3N2O3. The van der Waals surface area contributed by atoms with Crippen LogP contribution in [0.3, 0.4) is 0 Å². The molecule has 178 valence electrons. The molecule has 3 aromatic carbocycles. The maximum atomic E-state index is 12.8. The van der Waals surface area contributed by atoms with Gasteiger partial charge in [-0.1, -0.05) is 35.3 Å². The summed E-state index contributed by atoms with van der Waals surface area (Å²) in [4.78, 5) is 12.1. The van der Waals surface area contributed by atoms with E-state index in [1.54, 1.807) is 36.4 Å². The second kappa shape index (κ2) is 11.3. The van der Waals surface area contributed by atoms with Gasteiger partial charge in [-0.05, 0) is 66.6 Å². The van der Waals surface area contributed by atoms with E-state index in [0.29, 0.717) is 33.7 Å². The number of rotatable bonds is 8. The number of benzene rings is 3. The average Bonchev–Trinajstić information content (AvgIpc) is 2.80. The molecule has 3 rings (SSSR count). The van der Waals surface area contributed by atoms with Crippen molar-refractivity contribution in [2.24, 2.45) is 5.10 Å². The number of nitrogens with zero attached hydrogens (tertiary/aromatic N) is 1. The highest BCUT2D eigenvalue weighted by Gasteiger charge is 2.30. The van der Waals surface area contributed by atoms with E-state index in [1.165, 1.54) is 12.3 Å². The lowest BCUT2D eigenvalue weighted by molar-refractivity contribution is -0.137. The first-order valence-electron chi connectivity index (χ1n) is 10.0. The van der Waals surface area contributed by atoms with E-state index in [0.717, 1.165) is 23.8 Å². The number of hydrogen-bond acceptors (Lipinski definition) is 4. The van der Waals surface area contributed by atoms with Crippen molar-refractivity contribution in [3.05, 3.63) is 93.0 Å². The first-order valence-corrected chi connectivity index (χ1v) is 10.8. The molecule has 0 fully saturated rings. The Balaban J connectivity index is 1.67. The molecule has 0 spiro atoms. The van der Waals surface area contributed by atoms with E-state index in [1.807, 2.05) is 6.92 Å². The lowest BCUT2D eigenvalue weighted by atomic mass is 10.1. The predicted octanol–water partition coefficient (Wildman–Crippen LogP) is 6.75. The molecule has 1 N–H and O–H groups in total. The SMILES string of the molecule is CCOc1cc(/C=N\NC(=O)c2cccc(C(F)(F)F)c2)ccc1OCc1ccc(Cl)c(Cl)c1. The van der Waals surface area contributed by atoms with E-state index in [-0.39, 0.29) is 12.2 Å². The van der Waals surface area contributed by atoms with Crippen LogP contribution in [0.15, 0.2) is 65.8 Å². The van der Waals surface area contributed by atoms with Gasteiger partial charge in [-0.3, -0.25) is 4.79 Å². The zero-order valence-corrected chi connectivity index (χ0v) is 19.3. The minimum atomic E-state index is -4.54. The summed E-state index contributed by atoms with van der Waals surface area (Å²) in [6, 6.07) is 14.3. The number of hydrogen-bond donors (Lipinski definition) is 1. The Morgan fingerprint density at radius 1 is 1.00 bits per heavy atom. The Kier molecular flexibility index (Phi) is 8.41. The lowest BCUT2D eigenvalue weighted by Crippen LogP contribution is -2.18. The number of amides is 1. The summed E-state index contributed by atoms with van der Waals surface area (Å²) < 4.78 is 49.9. The van der Waals surface area contributed by atoms with Gasteiger partial charge in [-0.25, -0.2) is 5.43 Å². The highest BCUT2D eigenvalue weighted by Crippen LogP contribution is 2.31. The summed E-state index contributed by atoms with van der Waals surface area (Å²) in [6.45, 7) is 2.44. The molecule has 0 unspecified atom stereocenters. The quantitative estimate of drug-likeness (QED) is 0.269. The van der Waals surface area contributed by atoms with Gasteiger partial charge < -0.3 is 9.47 Å². The molecule has 0 aromatic heterocycles. The van der Waals surface area contributed by atoms with Gasteiger partial charge in [0.25, 0.3) is 5.91 Å². The first kappa shape index (κ1) is 25.4. The van der Waals surface area contributed by atoms with E-state index < -0.39 is 17.6 Å². The standard InChI is InChI=1S/C24H19Cl2F3N2O3/c1-2-33-22-11-15(7-9-21(22)34-14-16-6-8-19(25)20(26)10-16)13-30-31-23(32)17-4-3-5-18(12-17)24(27,28)29/h3-13H,2,14H2,1H3,(H,31,32)/b30-13-. The van der Waals surface area contributed by atoms with Crippen molar-refractivity contribution in [2.45, 2.75) is 19.7 Å². The van der Waals surface area contributed by atoms with Gasteiger partial charge in [0.1, 0.15) is 6.61 Å². The molecule has 10 heteroatoms. The van der Waals surface area contributed by atoms with Crippen LogP contribution in [-0.2, 0) is 12.8 Å². The lowest BCUT2D eigenvalue weighted by Gasteiger charge is -2.13. The second-order valence-corrected chi connectivity index (χ2v) is 7.77. The fraction of sp³-hybridized carbons (Fsp3) is 0.167. The Morgan fingerprint density at radius 3 is 2.50 bits per heavy atom. The second-order valence-electron chi connectivity index (χ2n) is 6.95. The summed E-state index contributed by atoms with van der Waals surface area (Å²) >= 11 is 12.0. The molecule has 34 heavy (non-hydrogen) atoms. The Morgan fingerprint density at radius 2 is 1.79 bits per heavy atom. The molecule has 0 atom stereocenters. The third-order valence-corrected chi connectivity index (χ3v) is 5.22. The van der Waals surface area contributed by atoms with Gasteiger partial charge in [-0.15, -0.1) is 0 Å². The average molecular weight is 511 g/mol. The minimum Gasteiger partial charge on any atom is -0.490 e. The maximum Gasteiger partial charge on any atom is 0.416 e. The van der Waals surface area contributed by atoms with Crippen molar-refractivity contribution in [3.8, 4) is 11.5 Å². The summed E-state index contributed by atoms with van der Waals surface area (Å²) in [7, 11) is 0. The Labute approximate surface area is 204 Å². The zero-order valence-electron chi connectivity index (χ0n) is 17.8. The predicted molar refractivity (Wildman–Crippen MR) is 125 cm³/mol. The molecule has 0 saturated heterocycles. The molecule has 5 nitrogen and oxygen atoms in total. The van der Waals surface area contributed by atoms with Gasteiger partial charge in [0.15, 0.2) is 11.5 Å². The zero-order chi connectivity index (χ0) is 24.7. The van der Waals surface area contributed by atoms with E-state index in [2.05, 4.69) is 10.5 Å². The highest BCUT2D eigenvalue weighted by atomic mass is 35.5. The summed E-state index contributed by atoms with van der Waals surface area (Å²) in [6.07, 6.45) is -3.20. The van der Waals surface area contributed by atoms with Crippen molar-refractivity contribution in [3.63, 3.8) is 0 Å². The van der Waals surface area contributed by atoms with Gasteiger partial charge in [0.05, 0.1) is 28.4 Å². The summed E-state index contributed by atoms with van der Waals surface area (Å²) in [5.74, 6) is 0.169. The van der Waals surface area contributed by atoms with Crippen LogP contribution >= 0.6 is 23.2 Å². The fourth-order valence-electron chi connectivity index (χ4n) is 2.85. The molecule has 0 radical (unpaired) electrons. The normalized spacial score (nSPS) is 11.5. The van der Waals surface area contributed by atoms with Gasteiger partial charge in [0.2, 0.25) is 0 Å². The van der Waals surface area contributed by atoms with Gasteiger partial charge >= 0.3 is 6.18 Å². The number of carbonyl (C=O) groups excluding carboxylic acids is 1. The van der Waals surface area contributed by atoms with Crippen LogP contribution in [-0.4, -0.2) is 18.7 Å². The topological polar surface area (TPSA) is 59.9 Å². The van der Waals surface area contributed by atoms with Crippen LogP contribution in [0.4, 0.5) is 13.2 Å². The number of ether oxygens (including phenoxy) is 2. The summed E-state index contributed by atoms with van der Waals surface area (Å²) in [5.41, 5.74) is 2.54. The number of hydrazone groups is 1. The van der Waals surface area contributed by atoms with Crippen LogP contribution in [0.5, 0.6) is 11.5 Å². The molecule has 0 aliphatic carbocycles. The largest absolute Gasteiger partial charge is 0.490 e. The molecule has 0 aliphatic rings. The van der Waals surface area contributed by atoms with Crippen LogP contribution in [0, 0.1) is 0 Å². The minimum absolute atomic E-state index is 0.159. The maximum absolute atomic E-state index is 12.8. The van der Waals surface area contributed by atoms with Crippen molar-refractivity contribution >= 4 is 35.3 Å². The first-order chi connectivity index (χ1) is 16.2. The molecule has 3 aromatic rings. The third kappa shape index (κ3) is 6.88. The van der Waals surface area contributed by atoms with Crippen LogP contribution in [0.1, 0.15) is 34.0 Å². The Hall–Kier alpha value is -3.23. The third-order valence-electron chi connectivity index (χ3n) is 4.48. The molecule has 0 saturated carbocycles. The number of halogens is 5. The summed E-state index contributed by atoms with van der Waals surface area (Å²) in [5, 5.41) is 4.69. The van der Waals surface area contributed by atoms with Crippen molar-refractivity contribution < 1.29 is 27.4 Å². The monoisotopic (exact) mass is 510 g/mol. The number of alkyl halides is 3. The Bertz CT molecular complexity index is 1200. The molecular weight excluding hydrogens is 492 g/mol. The molecule has 0 heterocycles. The fourth-order valence-corrected chi connectivity index (χ4v) is 3.17. The smallest absolute Gasteiger partial charge is 0.416 e.